The second-order valence-electron chi connectivity index (χ2n) is 5.47. The van der Waals surface area contributed by atoms with E-state index < -0.39 is 11.5 Å². The Kier molecular flexibility index (Phi) is 4.51. The fourth-order valence-electron chi connectivity index (χ4n) is 2.39. The number of carbonyl (C=O) groups excluding carboxylic acids is 1. The van der Waals surface area contributed by atoms with Crippen LogP contribution in [0.1, 0.15) is 17.3 Å². The van der Waals surface area contributed by atoms with Gasteiger partial charge in [0.05, 0.1) is 6.54 Å². The third-order valence-corrected chi connectivity index (χ3v) is 3.54. The van der Waals surface area contributed by atoms with E-state index in [9.17, 15) is 9.59 Å². The summed E-state index contributed by atoms with van der Waals surface area (Å²) in [4.78, 5) is 31.1. The third-order valence-electron chi connectivity index (χ3n) is 3.54. The summed E-state index contributed by atoms with van der Waals surface area (Å²) in [6, 6.07) is 12.6. The Morgan fingerprint density at radius 2 is 2.04 bits per heavy atom. The van der Waals surface area contributed by atoms with Crippen LogP contribution in [0.4, 0.5) is 0 Å². The maximum atomic E-state index is 12.3. The van der Waals surface area contributed by atoms with Crippen molar-refractivity contribution in [3.63, 3.8) is 0 Å². The van der Waals surface area contributed by atoms with Crippen LogP contribution in [0.25, 0.3) is 11.3 Å². The standard InChI is InChI=1S/C17H17N5O2/c1-12(9-22-11-18-10-19-22)20-16(23)14-7-8-15(21-17(14)24)13-5-3-2-4-6-13/h2-8,10-12H,9H2,1H3,(H,20,23)(H,21,24)/t12-/m1/s1. The molecule has 2 aromatic heterocycles. The lowest BCUT2D eigenvalue weighted by atomic mass is 10.1. The zero-order chi connectivity index (χ0) is 16.9. The first-order valence-corrected chi connectivity index (χ1v) is 7.55. The monoisotopic (exact) mass is 323 g/mol. The summed E-state index contributed by atoms with van der Waals surface area (Å²) in [7, 11) is 0. The summed E-state index contributed by atoms with van der Waals surface area (Å²) in [6.45, 7) is 2.32. The molecule has 3 aromatic rings. The quantitative estimate of drug-likeness (QED) is 0.743. The van der Waals surface area contributed by atoms with Crippen LogP contribution in [0, 0.1) is 0 Å². The molecule has 1 atom stereocenters. The topological polar surface area (TPSA) is 92.7 Å². The summed E-state index contributed by atoms with van der Waals surface area (Å²) < 4.78 is 1.62. The SMILES string of the molecule is C[C@H](Cn1cncn1)NC(=O)c1ccc(-c2ccccc2)[nH]c1=O. The van der Waals surface area contributed by atoms with Crippen LogP contribution in [-0.4, -0.2) is 31.7 Å². The summed E-state index contributed by atoms with van der Waals surface area (Å²) in [5, 5.41) is 6.77. The molecule has 122 valence electrons. The molecule has 2 N–H and O–H groups in total. The van der Waals surface area contributed by atoms with Crippen molar-refractivity contribution in [1.29, 1.82) is 0 Å². The lowest BCUT2D eigenvalue weighted by Crippen LogP contribution is -2.38. The Hall–Kier alpha value is -3.22. The molecule has 24 heavy (non-hydrogen) atoms. The van der Waals surface area contributed by atoms with Gasteiger partial charge in [0.25, 0.3) is 11.5 Å². The molecular formula is C17H17N5O2. The maximum absolute atomic E-state index is 12.3. The molecule has 3 rings (SSSR count). The van der Waals surface area contributed by atoms with E-state index >= 15 is 0 Å². The molecule has 0 saturated heterocycles. The summed E-state index contributed by atoms with van der Waals surface area (Å²) in [6.07, 6.45) is 3.01. The molecule has 2 heterocycles. The van der Waals surface area contributed by atoms with Crippen LogP contribution in [0.2, 0.25) is 0 Å². The first kappa shape index (κ1) is 15.7. The number of aromatic amines is 1. The van der Waals surface area contributed by atoms with E-state index in [4.69, 9.17) is 0 Å². The highest BCUT2D eigenvalue weighted by atomic mass is 16.2. The first-order valence-electron chi connectivity index (χ1n) is 7.55. The van der Waals surface area contributed by atoms with E-state index in [1.807, 2.05) is 37.3 Å². The van der Waals surface area contributed by atoms with Gasteiger partial charge in [-0.3, -0.25) is 14.3 Å². The fourth-order valence-corrected chi connectivity index (χ4v) is 2.39. The number of amides is 1. The molecule has 0 fully saturated rings. The number of carbonyl (C=O) groups is 1. The van der Waals surface area contributed by atoms with Crippen molar-refractivity contribution < 1.29 is 4.79 Å². The molecule has 0 aliphatic rings. The Labute approximate surface area is 138 Å². The van der Waals surface area contributed by atoms with E-state index in [-0.39, 0.29) is 11.6 Å². The van der Waals surface area contributed by atoms with Gasteiger partial charge in [0.15, 0.2) is 0 Å². The molecule has 0 bridgehead atoms. The largest absolute Gasteiger partial charge is 0.348 e. The van der Waals surface area contributed by atoms with Crippen molar-refractivity contribution in [3.05, 3.63) is 71.0 Å². The van der Waals surface area contributed by atoms with Crippen molar-refractivity contribution >= 4 is 5.91 Å². The van der Waals surface area contributed by atoms with Crippen LogP contribution in [0.15, 0.2) is 59.9 Å². The number of nitrogens with one attached hydrogen (secondary N) is 2. The molecule has 1 aromatic carbocycles. The molecule has 0 aliphatic carbocycles. The number of nitrogens with zero attached hydrogens (tertiary/aromatic N) is 3. The molecule has 7 nitrogen and oxygen atoms in total. The minimum absolute atomic E-state index is 0.0834. The number of benzene rings is 1. The van der Waals surface area contributed by atoms with E-state index in [0.717, 1.165) is 5.56 Å². The fraction of sp³-hybridized carbons (Fsp3) is 0.176. The van der Waals surface area contributed by atoms with Crippen LogP contribution >= 0.6 is 0 Å². The van der Waals surface area contributed by atoms with Crippen molar-refractivity contribution in [1.82, 2.24) is 25.1 Å². The number of H-pyrrole nitrogens is 1. The van der Waals surface area contributed by atoms with Gasteiger partial charge in [-0.2, -0.15) is 5.10 Å². The van der Waals surface area contributed by atoms with Crippen molar-refractivity contribution in [3.8, 4) is 11.3 Å². The zero-order valence-electron chi connectivity index (χ0n) is 13.1. The number of hydrogen-bond acceptors (Lipinski definition) is 4. The zero-order valence-corrected chi connectivity index (χ0v) is 13.1. The highest BCUT2D eigenvalue weighted by molar-refractivity contribution is 5.94. The Morgan fingerprint density at radius 1 is 1.25 bits per heavy atom. The molecular weight excluding hydrogens is 306 g/mol. The highest BCUT2D eigenvalue weighted by Crippen LogP contribution is 2.14. The van der Waals surface area contributed by atoms with E-state index in [0.29, 0.717) is 12.2 Å². The molecule has 0 radical (unpaired) electrons. The molecule has 0 spiro atoms. The van der Waals surface area contributed by atoms with Gasteiger partial charge in [0.2, 0.25) is 0 Å². The first-order chi connectivity index (χ1) is 11.6. The average Bonchev–Trinajstić information content (AvgIpc) is 3.08. The van der Waals surface area contributed by atoms with Gasteiger partial charge >= 0.3 is 0 Å². The number of pyridine rings is 1. The summed E-state index contributed by atoms with van der Waals surface area (Å²) in [5.41, 5.74) is 1.23. The van der Waals surface area contributed by atoms with E-state index in [1.165, 1.54) is 6.33 Å². The van der Waals surface area contributed by atoms with Gasteiger partial charge in [-0.25, -0.2) is 4.98 Å². The number of rotatable bonds is 5. The van der Waals surface area contributed by atoms with Crippen molar-refractivity contribution in [2.75, 3.05) is 0 Å². The minimum Gasteiger partial charge on any atom is -0.348 e. The van der Waals surface area contributed by atoms with Crippen molar-refractivity contribution in [2.45, 2.75) is 19.5 Å². The average molecular weight is 323 g/mol. The second kappa shape index (κ2) is 6.91. The Bertz CT molecular complexity index is 872. The number of hydrogen-bond donors (Lipinski definition) is 2. The van der Waals surface area contributed by atoms with Crippen LogP contribution < -0.4 is 10.9 Å². The van der Waals surface area contributed by atoms with Gasteiger partial charge in [0, 0.05) is 11.7 Å². The van der Waals surface area contributed by atoms with Crippen LogP contribution in [0.5, 0.6) is 0 Å². The van der Waals surface area contributed by atoms with Gasteiger partial charge in [0.1, 0.15) is 18.2 Å². The predicted octanol–water partition coefficient (Wildman–Crippen LogP) is 1.45. The maximum Gasteiger partial charge on any atom is 0.261 e. The van der Waals surface area contributed by atoms with Gasteiger partial charge in [-0.15, -0.1) is 0 Å². The lowest BCUT2D eigenvalue weighted by Gasteiger charge is -2.13. The third kappa shape index (κ3) is 3.57. The summed E-state index contributed by atoms with van der Waals surface area (Å²) in [5.74, 6) is -0.413. The van der Waals surface area contributed by atoms with Crippen LogP contribution in [0.3, 0.4) is 0 Å². The molecule has 7 heteroatoms. The highest BCUT2D eigenvalue weighted by Gasteiger charge is 2.14. The smallest absolute Gasteiger partial charge is 0.261 e. The van der Waals surface area contributed by atoms with Crippen LogP contribution in [-0.2, 0) is 6.54 Å². The molecule has 0 unspecified atom stereocenters. The van der Waals surface area contributed by atoms with Gasteiger partial charge in [-0.05, 0) is 24.6 Å². The summed E-state index contributed by atoms with van der Waals surface area (Å²) >= 11 is 0. The second-order valence-corrected chi connectivity index (χ2v) is 5.47. The lowest BCUT2D eigenvalue weighted by molar-refractivity contribution is 0.0934. The predicted molar refractivity (Wildman–Crippen MR) is 89.4 cm³/mol. The van der Waals surface area contributed by atoms with E-state index in [1.54, 1.807) is 23.1 Å². The molecule has 0 saturated carbocycles. The normalized spacial score (nSPS) is 11.9. The molecule has 0 aliphatic heterocycles. The number of aromatic nitrogens is 4. The Balaban J connectivity index is 1.72. The Morgan fingerprint density at radius 3 is 2.71 bits per heavy atom. The van der Waals surface area contributed by atoms with Crippen molar-refractivity contribution in [2.24, 2.45) is 0 Å². The van der Waals surface area contributed by atoms with Gasteiger partial charge < -0.3 is 10.3 Å². The van der Waals surface area contributed by atoms with Gasteiger partial charge in [-0.1, -0.05) is 30.3 Å². The van der Waals surface area contributed by atoms with E-state index in [2.05, 4.69) is 20.4 Å². The minimum atomic E-state index is -0.415. The molecule has 1 amide bonds.